The van der Waals surface area contributed by atoms with Crippen molar-refractivity contribution in [3.05, 3.63) is 29.8 Å². The second-order valence-electron chi connectivity index (χ2n) is 4.74. The predicted octanol–water partition coefficient (Wildman–Crippen LogP) is 2.57. The van der Waals surface area contributed by atoms with Gasteiger partial charge in [0.1, 0.15) is 12.4 Å². The molecule has 0 saturated carbocycles. The normalized spacial score (nSPS) is 16.5. The van der Waals surface area contributed by atoms with Crippen molar-refractivity contribution in [3.63, 3.8) is 0 Å². The zero-order chi connectivity index (χ0) is 13.3. The van der Waals surface area contributed by atoms with Crippen LogP contribution in [0.4, 0.5) is 0 Å². The first kappa shape index (κ1) is 14.6. The molecule has 0 spiro atoms. The van der Waals surface area contributed by atoms with Crippen LogP contribution >= 0.6 is 11.6 Å². The molecule has 1 saturated heterocycles. The maximum absolute atomic E-state index is 5.59. The highest BCUT2D eigenvalue weighted by Gasteiger charge is 2.09. The van der Waals surface area contributed by atoms with Crippen molar-refractivity contribution < 1.29 is 9.47 Å². The fraction of sp³-hybridized carbons (Fsp3) is 0.600. The third-order valence-corrected chi connectivity index (χ3v) is 3.47. The third-order valence-electron chi connectivity index (χ3n) is 3.31. The lowest BCUT2D eigenvalue weighted by molar-refractivity contribution is 0.0374. The molecule has 1 aromatic rings. The molecule has 1 aromatic carbocycles. The molecule has 0 atom stereocenters. The SMILES string of the molecule is ClCCOc1ccc(CCCN2CCOCC2)cc1. The van der Waals surface area contributed by atoms with Crippen molar-refractivity contribution in [1.29, 1.82) is 0 Å². The Bertz CT molecular complexity index is 350. The molecule has 0 bridgehead atoms. The number of hydrogen-bond donors (Lipinski definition) is 0. The van der Waals surface area contributed by atoms with Gasteiger partial charge in [0.2, 0.25) is 0 Å². The molecule has 4 heteroatoms. The van der Waals surface area contributed by atoms with Crippen LogP contribution in [0, 0.1) is 0 Å². The van der Waals surface area contributed by atoms with Crippen LogP contribution in [-0.2, 0) is 11.2 Å². The highest BCUT2D eigenvalue weighted by atomic mass is 35.5. The van der Waals surface area contributed by atoms with E-state index in [1.807, 2.05) is 12.1 Å². The van der Waals surface area contributed by atoms with Gasteiger partial charge in [-0.1, -0.05) is 12.1 Å². The van der Waals surface area contributed by atoms with Crippen LogP contribution < -0.4 is 4.74 Å². The van der Waals surface area contributed by atoms with Crippen LogP contribution in [0.25, 0.3) is 0 Å². The van der Waals surface area contributed by atoms with Gasteiger partial charge in [-0.15, -0.1) is 11.6 Å². The Balaban J connectivity index is 1.67. The molecule has 0 amide bonds. The van der Waals surface area contributed by atoms with E-state index in [2.05, 4.69) is 17.0 Å². The average molecular weight is 284 g/mol. The topological polar surface area (TPSA) is 21.7 Å². The summed E-state index contributed by atoms with van der Waals surface area (Å²) in [6.45, 7) is 5.64. The highest BCUT2D eigenvalue weighted by Crippen LogP contribution is 2.13. The molecular formula is C15H22ClNO2. The van der Waals surface area contributed by atoms with Crippen molar-refractivity contribution in [1.82, 2.24) is 4.90 Å². The molecule has 1 aliphatic rings. The summed E-state index contributed by atoms with van der Waals surface area (Å²) in [7, 11) is 0. The molecule has 19 heavy (non-hydrogen) atoms. The van der Waals surface area contributed by atoms with Gasteiger partial charge in [-0.2, -0.15) is 0 Å². The minimum absolute atomic E-state index is 0.529. The van der Waals surface area contributed by atoms with Gasteiger partial charge in [-0.05, 0) is 37.1 Å². The molecule has 3 nitrogen and oxygen atoms in total. The van der Waals surface area contributed by atoms with Gasteiger partial charge in [0.25, 0.3) is 0 Å². The quantitative estimate of drug-likeness (QED) is 0.718. The molecule has 0 aromatic heterocycles. The van der Waals surface area contributed by atoms with Crippen molar-refractivity contribution >= 4 is 11.6 Å². The Hall–Kier alpha value is -0.770. The van der Waals surface area contributed by atoms with Gasteiger partial charge < -0.3 is 9.47 Å². The summed E-state index contributed by atoms with van der Waals surface area (Å²) in [5.74, 6) is 1.43. The number of halogens is 1. The lowest BCUT2D eigenvalue weighted by Crippen LogP contribution is -2.36. The fourth-order valence-electron chi connectivity index (χ4n) is 2.24. The number of benzene rings is 1. The molecule has 1 fully saturated rings. The monoisotopic (exact) mass is 283 g/mol. The Labute approximate surface area is 120 Å². The molecule has 1 aliphatic heterocycles. The molecule has 0 N–H and O–H groups in total. The third kappa shape index (κ3) is 5.39. The van der Waals surface area contributed by atoms with E-state index in [1.54, 1.807) is 0 Å². The van der Waals surface area contributed by atoms with Crippen molar-refractivity contribution in [3.8, 4) is 5.75 Å². The first-order chi connectivity index (χ1) is 9.38. The summed E-state index contributed by atoms with van der Waals surface area (Å²) >= 11 is 5.59. The number of alkyl halides is 1. The zero-order valence-corrected chi connectivity index (χ0v) is 12.1. The number of hydrogen-bond acceptors (Lipinski definition) is 3. The van der Waals surface area contributed by atoms with Gasteiger partial charge in [0, 0.05) is 13.1 Å². The predicted molar refractivity (Wildman–Crippen MR) is 78.2 cm³/mol. The van der Waals surface area contributed by atoms with E-state index in [9.17, 15) is 0 Å². The summed E-state index contributed by atoms with van der Waals surface area (Å²) in [5.41, 5.74) is 1.37. The minimum Gasteiger partial charge on any atom is -0.492 e. The number of aryl methyl sites for hydroxylation is 1. The van der Waals surface area contributed by atoms with Crippen molar-refractivity contribution in [2.75, 3.05) is 45.3 Å². The van der Waals surface area contributed by atoms with E-state index in [0.29, 0.717) is 12.5 Å². The lowest BCUT2D eigenvalue weighted by atomic mass is 10.1. The van der Waals surface area contributed by atoms with Gasteiger partial charge in [-0.25, -0.2) is 0 Å². The number of rotatable bonds is 7. The second kappa shape index (κ2) is 8.41. The molecule has 0 aliphatic carbocycles. The molecule has 1 heterocycles. The minimum atomic E-state index is 0.529. The largest absolute Gasteiger partial charge is 0.492 e. The lowest BCUT2D eigenvalue weighted by Gasteiger charge is -2.26. The van der Waals surface area contributed by atoms with E-state index >= 15 is 0 Å². The maximum Gasteiger partial charge on any atom is 0.119 e. The van der Waals surface area contributed by atoms with E-state index in [0.717, 1.165) is 45.0 Å². The smallest absolute Gasteiger partial charge is 0.119 e. The van der Waals surface area contributed by atoms with Crippen LogP contribution in [-0.4, -0.2) is 50.2 Å². The summed E-state index contributed by atoms with van der Waals surface area (Å²) in [6, 6.07) is 8.33. The Morgan fingerprint density at radius 3 is 2.58 bits per heavy atom. The van der Waals surface area contributed by atoms with E-state index < -0.39 is 0 Å². The zero-order valence-electron chi connectivity index (χ0n) is 11.3. The highest BCUT2D eigenvalue weighted by molar-refractivity contribution is 6.17. The van der Waals surface area contributed by atoms with Crippen LogP contribution in [0.1, 0.15) is 12.0 Å². The average Bonchev–Trinajstić information content (AvgIpc) is 2.47. The number of morpholine rings is 1. The van der Waals surface area contributed by atoms with E-state index in [1.165, 1.54) is 12.0 Å². The number of nitrogens with zero attached hydrogens (tertiary/aromatic N) is 1. The molecular weight excluding hydrogens is 262 g/mol. The first-order valence-corrected chi connectivity index (χ1v) is 7.50. The van der Waals surface area contributed by atoms with Gasteiger partial charge in [0.05, 0.1) is 19.1 Å². The van der Waals surface area contributed by atoms with E-state index in [-0.39, 0.29) is 0 Å². The van der Waals surface area contributed by atoms with Gasteiger partial charge in [0.15, 0.2) is 0 Å². The molecule has 2 rings (SSSR count). The van der Waals surface area contributed by atoms with Crippen molar-refractivity contribution in [2.24, 2.45) is 0 Å². The molecule has 106 valence electrons. The van der Waals surface area contributed by atoms with Gasteiger partial charge in [-0.3, -0.25) is 4.90 Å². The van der Waals surface area contributed by atoms with Crippen LogP contribution in [0.5, 0.6) is 5.75 Å². The van der Waals surface area contributed by atoms with Crippen LogP contribution in [0.15, 0.2) is 24.3 Å². The summed E-state index contributed by atoms with van der Waals surface area (Å²) in [6.07, 6.45) is 2.31. The Morgan fingerprint density at radius 1 is 1.16 bits per heavy atom. The second-order valence-corrected chi connectivity index (χ2v) is 5.12. The summed E-state index contributed by atoms with van der Waals surface area (Å²) in [5, 5.41) is 0. The van der Waals surface area contributed by atoms with E-state index in [4.69, 9.17) is 21.1 Å². The molecule has 0 radical (unpaired) electrons. The maximum atomic E-state index is 5.59. The Morgan fingerprint density at radius 2 is 1.89 bits per heavy atom. The van der Waals surface area contributed by atoms with Crippen LogP contribution in [0.3, 0.4) is 0 Å². The summed E-state index contributed by atoms with van der Waals surface area (Å²) in [4.78, 5) is 2.47. The van der Waals surface area contributed by atoms with Crippen molar-refractivity contribution in [2.45, 2.75) is 12.8 Å². The molecule has 0 unspecified atom stereocenters. The van der Waals surface area contributed by atoms with Gasteiger partial charge >= 0.3 is 0 Å². The fourth-order valence-corrected chi connectivity index (χ4v) is 2.32. The first-order valence-electron chi connectivity index (χ1n) is 6.96. The Kier molecular flexibility index (Phi) is 6.48. The van der Waals surface area contributed by atoms with Crippen LogP contribution in [0.2, 0.25) is 0 Å². The standard InChI is InChI=1S/C15H22ClNO2/c16-7-11-19-15-5-3-14(4-6-15)2-1-8-17-9-12-18-13-10-17/h3-6H,1-2,7-13H2. The number of ether oxygens (including phenoxy) is 2. The summed E-state index contributed by atoms with van der Waals surface area (Å²) < 4.78 is 10.8.